The van der Waals surface area contributed by atoms with Crippen LogP contribution in [0.2, 0.25) is 0 Å². The zero-order valence-corrected chi connectivity index (χ0v) is 14.5. The first-order chi connectivity index (χ1) is 12.3. The van der Waals surface area contributed by atoms with Crippen LogP contribution in [-0.2, 0) is 4.74 Å². The van der Waals surface area contributed by atoms with Gasteiger partial charge in [-0.05, 0) is 30.7 Å². The minimum atomic E-state index is 0.426. The average molecular weight is 336 g/mol. The maximum Gasteiger partial charge on any atom is 0.138 e. The normalized spacial score (nSPS) is 19.3. The molecule has 2 aromatic rings. The van der Waals surface area contributed by atoms with Gasteiger partial charge in [0.25, 0.3) is 0 Å². The Balaban J connectivity index is 1.70. The van der Waals surface area contributed by atoms with Crippen molar-refractivity contribution in [1.29, 1.82) is 0 Å². The molecule has 1 fully saturated rings. The Morgan fingerprint density at radius 1 is 1.12 bits per heavy atom. The minimum absolute atomic E-state index is 0.426. The lowest BCUT2D eigenvalue weighted by molar-refractivity contribution is 0.168. The molecule has 2 aliphatic rings. The van der Waals surface area contributed by atoms with Gasteiger partial charge >= 0.3 is 0 Å². The SMILES string of the molecule is COCCC1CN(C2=Nc3ccccc3Nc3ccccc32)CCN1. The zero-order valence-electron chi connectivity index (χ0n) is 14.5. The Labute approximate surface area is 148 Å². The van der Waals surface area contributed by atoms with E-state index in [1.807, 2.05) is 12.1 Å². The number of nitrogens with zero attached hydrogens (tertiary/aromatic N) is 2. The van der Waals surface area contributed by atoms with E-state index < -0.39 is 0 Å². The minimum Gasteiger partial charge on any atom is -0.385 e. The fourth-order valence-electron chi connectivity index (χ4n) is 3.50. The molecule has 0 bridgehead atoms. The molecule has 25 heavy (non-hydrogen) atoms. The molecule has 2 heterocycles. The molecule has 0 amide bonds. The summed E-state index contributed by atoms with van der Waals surface area (Å²) in [4.78, 5) is 7.44. The number of methoxy groups -OCH3 is 1. The van der Waals surface area contributed by atoms with Crippen LogP contribution in [0.15, 0.2) is 53.5 Å². The molecule has 0 spiro atoms. The molecule has 2 aromatic carbocycles. The largest absolute Gasteiger partial charge is 0.385 e. The predicted octanol–water partition coefficient (Wildman–Crippen LogP) is 3.13. The quantitative estimate of drug-likeness (QED) is 0.904. The van der Waals surface area contributed by atoms with Crippen LogP contribution in [0, 0.1) is 0 Å². The number of hydrogen-bond acceptors (Lipinski definition) is 5. The molecule has 0 saturated carbocycles. The molecule has 1 unspecified atom stereocenters. The number of para-hydroxylation sites is 3. The first-order valence-corrected chi connectivity index (χ1v) is 8.86. The number of rotatable bonds is 3. The van der Waals surface area contributed by atoms with E-state index in [1.165, 1.54) is 0 Å². The van der Waals surface area contributed by atoms with Crippen molar-refractivity contribution in [3.63, 3.8) is 0 Å². The van der Waals surface area contributed by atoms with Gasteiger partial charge in [0.2, 0.25) is 0 Å². The highest BCUT2D eigenvalue weighted by atomic mass is 16.5. The lowest BCUT2D eigenvalue weighted by atomic mass is 10.1. The van der Waals surface area contributed by atoms with Crippen LogP contribution in [0.4, 0.5) is 17.1 Å². The Kier molecular flexibility index (Phi) is 4.68. The van der Waals surface area contributed by atoms with E-state index in [0.29, 0.717) is 6.04 Å². The number of anilines is 2. The second-order valence-electron chi connectivity index (χ2n) is 6.50. The van der Waals surface area contributed by atoms with Crippen LogP contribution in [-0.4, -0.2) is 50.1 Å². The molecule has 130 valence electrons. The zero-order chi connectivity index (χ0) is 17.1. The van der Waals surface area contributed by atoms with E-state index in [2.05, 4.69) is 51.9 Å². The highest BCUT2D eigenvalue weighted by Gasteiger charge is 2.25. The first kappa shape index (κ1) is 16.1. The van der Waals surface area contributed by atoms with Gasteiger partial charge in [-0.2, -0.15) is 0 Å². The summed E-state index contributed by atoms with van der Waals surface area (Å²) in [5.41, 5.74) is 4.31. The van der Waals surface area contributed by atoms with Gasteiger partial charge in [-0.25, -0.2) is 4.99 Å². The second-order valence-corrected chi connectivity index (χ2v) is 6.50. The van der Waals surface area contributed by atoms with E-state index in [1.54, 1.807) is 7.11 Å². The Hall–Kier alpha value is -2.37. The van der Waals surface area contributed by atoms with Crippen LogP contribution in [0.3, 0.4) is 0 Å². The van der Waals surface area contributed by atoms with Gasteiger partial charge in [0.05, 0.1) is 11.4 Å². The van der Waals surface area contributed by atoms with Crippen LogP contribution in [0.25, 0.3) is 0 Å². The number of ether oxygens (including phenoxy) is 1. The van der Waals surface area contributed by atoms with Gasteiger partial charge in [0.1, 0.15) is 5.84 Å². The molecule has 0 radical (unpaired) electrons. The Morgan fingerprint density at radius 3 is 2.80 bits per heavy atom. The Bertz CT molecular complexity index is 774. The van der Waals surface area contributed by atoms with Crippen molar-refractivity contribution < 1.29 is 4.74 Å². The number of hydrogen-bond donors (Lipinski definition) is 2. The van der Waals surface area contributed by atoms with Gasteiger partial charge in [-0.1, -0.05) is 24.3 Å². The number of nitrogens with one attached hydrogen (secondary N) is 2. The van der Waals surface area contributed by atoms with Crippen molar-refractivity contribution in [2.75, 3.05) is 38.7 Å². The highest BCUT2D eigenvalue weighted by Crippen LogP contribution is 2.34. The highest BCUT2D eigenvalue weighted by molar-refractivity contribution is 6.07. The van der Waals surface area contributed by atoms with E-state index in [-0.39, 0.29) is 0 Å². The molecule has 5 nitrogen and oxygen atoms in total. The third-order valence-electron chi connectivity index (χ3n) is 4.79. The summed E-state index contributed by atoms with van der Waals surface area (Å²) >= 11 is 0. The molecule has 1 atom stereocenters. The number of fused-ring (bicyclic) bond motifs is 2. The standard InChI is InChI=1S/C20H24N4O/c1-25-13-10-15-14-24(12-11-21-15)20-16-6-2-3-7-17(16)22-18-8-4-5-9-19(18)23-20/h2-9,15,21-22H,10-14H2,1H3. The molecule has 2 aliphatic heterocycles. The van der Waals surface area contributed by atoms with Gasteiger partial charge in [-0.3, -0.25) is 0 Å². The van der Waals surface area contributed by atoms with Crippen LogP contribution in [0.5, 0.6) is 0 Å². The van der Waals surface area contributed by atoms with Crippen molar-refractivity contribution in [3.8, 4) is 0 Å². The summed E-state index contributed by atoms with van der Waals surface area (Å²) in [6.45, 7) is 3.64. The van der Waals surface area contributed by atoms with Gasteiger partial charge in [0, 0.05) is 50.6 Å². The van der Waals surface area contributed by atoms with Crippen molar-refractivity contribution >= 4 is 22.9 Å². The van der Waals surface area contributed by atoms with Gasteiger partial charge < -0.3 is 20.3 Å². The molecule has 0 aromatic heterocycles. The summed E-state index contributed by atoms with van der Waals surface area (Å²) < 4.78 is 5.25. The lowest BCUT2D eigenvalue weighted by Crippen LogP contribution is -2.53. The van der Waals surface area contributed by atoms with E-state index in [9.17, 15) is 0 Å². The van der Waals surface area contributed by atoms with Crippen molar-refractivity contribution in [1.82, 2.24) is 10.2 Å². The van der Waals surface area contributed by atoms with Crippen LogP contribution >= 0.6 is 0 Å². The maximum atomic E-state index is 5.25. The smallest absolute Gasteiger partial charge is 0.138 e. The van der Waals surface area contributed by atoms with E-state index in [0.717, 1.165) is 61.1 Å². The Morgan fingerprint density at radius 2 is 1.92 bits per heavy atom. The van der Waals surface area contributed by atoms with Gasteiger partial charge in [-0.15, -0.1) is 0 Å². The van der Waals surface area contributed by atoms with E-state index in [4.69, 9.17) is 9.73 Å². The molecule has 4 rings (SSSR count). The summed E-state index contributed by atoms with van der Waals surface area (Å²) in [5.74, 6) is 1.05. The predicted molar refractivity (Wildman–Crippen MR) is 102 cm³/mol. The van der Waals surface area contributed by atoms with Crippen molar-refractivity contribution in [2.24, 2.45) is 4.99 Å². The summed E-state index contributed by atoms with van der Waals surface area (Å²) in [6, 6.07) is 17.1. The molecule has 2 N–H and O–H groups in total. The number of benzene rings is 2. The van der Waals surface area contributed by atoms with Crippen LogP contribution < -0.4 is 10.6 Å². The lowest BCUT2D eigenvalue weighted by Gasteiger charge is -2.36. The third-order valence-corrected chi connectivity index (χ3v) is 4.79. The average Bonchev–Trinajstić information content (AvgIpc) is 2.83. The second kappa shape index (κ2) is 7.25. The molecular formula is C20H24N4O. The van der Waals surface area contributed by atoms with Crippen molar-refractivity contribution in [2.45, 2.75) is 12.5 Å². The summed E-state index contributed by atoms with van der Waals surface area (Å²) in [5, 5.41) is 7.13. The monoisotopic (exact) mass is 336 g/mol. The first-order valence-electron chi connectivity index (χ1n) is 8.86. The fourth-order valence-corrected chi connectivity index (χ4v) is 3.50. The van der Waals surface area contributed by atoms with E-state index >= 15 is 0 Å². The van der Waals surface area contributed by atoms with Crippen LogP contribution in [0.1, 0.15) is 12.0 Å². The maximum absolute atomic E-state index is 5.25. The number of amidine groups is 1. The molecule has 0 aliphatic carbocycles. The van der Waals surface area contributed by atoms with Crippen molar-refractivity contribution in [3.05, 3.63) is 54.1 Å². The topological polar surface area (TPSA) is 48.9 Å². The molecular weight excluding hydrogens is 312 g/mol. The summed E-state index contributed by atoms with van der Waals surface area (Å²) in [6.07, 6.45) is 1.01. The third kappa shape index (κ3) is 3.38. The van der Waals surface area contributed by atoms with Gasteiger partial charge in [0.15, 0.2) is 0 Å². The molecule has 5 heteroatoms. The number of aliphatic imine (C=N–C) groups is 1. The summed E-state index contributed by atoms with van der Waals surface area (Å²) in [7, 11) is 1.76. The fraction of sp³-hybridized carbons (Fsp3) is 0.350. The number of piperazine rings is 1. The molecule has 1 saturated heterocycles.